The fourth-order valence-electron chi connectivity index (χ4n) is 2.85. The van der Waals surface area contributed by atoms with E-state index < -0.39 is 6.04 Å². The van der Waals surface area contributed by atoms with Crippen LogP contribution >= 0.6 is 0 Å². The Balaban J connectivity index is 1.62. The van der Waals surface area contributed by atoms with Gasteiger partial charge in [-0.15, -0.1) is 0 Å². The van der Waals surface area contributed by atoms with E-state index in [4.69, 9.17) is 4.52 Å². The van der Waals surface area contributed by atoms with Crippen molar-refractivity contribution < 1.29 is 18.9 Å². The molecule has 0 saturated carbocycles. The second kappa shape index (κ2) is 7.07. The summed E-state index contributed by atoms with van der Waals surface area (Å²) in [5.41, 5.74) is 0.749. The highest BCUT2D eigenvalue weighted by atomic mass is 16.5. The Kier molecular flexibility index (Phi) is 4.83. The largest absolute Gasteiger partial charge is 0.344 e. The zero-order valence-corrected chi connectivity index (χ0v) is 14.9. The molecule has 0 radical (unpaired) electrons. The minimum absolute atomic E-state index is 0.00179. The third-order valence-electron chi connectivity index (χ3n) is 4.23. The first kappa shape index (κ1) is 17.8. The van der Waals surface area contributed by atoms with Crippen LogP contribution in [0.1, 0.15) is 58.7 Å². The lowest BCUT2D eigenvalue weighted by molar-refractivity contribution is -0.122. The molecule has 1 aliphatic heterocycles. The molecule has 8 nitrogen and oxygen atoms in total. The van der Waals surface area contributed by atoms with E-state index >= 15 is 0 Å². The maximum atomic E-state index is 12.3. The van der Waals surface area contributed by atoms with Crippen LogP contribution in [0.2, 0.25) is 0 Å². The first-order valence-electron chi connectivity index (χ1n) is 8.43. The van der Waals surface area contributed by atoms with Crippen molar-refractivity contribution in [3.8, 4) is 0 Å². The van der Waals surface area contributed by atoms with Gasteiger partial charge in [-0.05, 0) is 25.0 Å². The number of nitrogens with zero attached hydrogens (tertiary/aromatic N) is 3. The third-order valence-corrected chi connectivity index (χ3v) is 4.23. The Bertz CT molecular complexity index is 823. The van der Waals surface area contributed by atoms with Crippen molar-refractivity contribution in [3.05, 3.63) is 47.1 Å². The lowest BCUT2D eigenvalue weighted by Crippen LogP contribution is -2.37. The molecule has 1 atom stereocenters. The van der Waals surface area contributed by atoms with E-state index in [1.165, 1.54) is 0 Å². The molecule has 1 aromatic carbocycles. The third kappa shape index (κ3) is 3.35. The van der Waals surface area contributed by atoms with Crippen LogP contribution in [0.25, 0.3) is 0 Å². The Labute approximate surface area is 150 Å². The number of hydrogen-bond acceptors (Lipinski definition) is 6. The van der Waals surface area contributed by atoms with Crippen LogP contribution in [0.5, 0.6) is 0 Å². The van der Waals surface area contributed by atoms with E-state index in [0.717, 1.165) is 4.90 Å². The standard InChI is InChI=1S/C18H20N4O4/c1-10(2)15(16-19-11(3)21-26-16)20-14(23)8-9-22-17(24)12-6-4-5-7-13(12)18(22)25/h4-7,10,15H,8-9H2,1-3H3,(H,20,23). The number of carbonyl (C=O) groups excluding carboxylic acids is 3. The van der Waals surface area contributed by atoms with Gasteiger partial charge in [0.05, 0.1) is 11.1 Å². The average molecular weight is 356 g/mol. The minimum atomic E-state index is -0.425. The van der Waals surface area contributed by atoms with E-state index in [1.807, 2.05) is 13.8 Å². The van der Waals surface area contributed by atoms with E-state index in [-0.39, 0.29) is 36.6 Å². The molecule has 0 fully saturated rings. The highest BCUT2D eigenvalue weighted by molar-refractivity contribution is 6.21. The normalized spacial score (nSPS) is 14.7. The van der Waals surface area contributed by atoms with Crippen molar-refractivity contribution >= 4 is 17.7 Å². The van der Waals surface area contributed by atoms with Crippen molar-refractivity contribution in [3.63, 3.8) is 0 Å². The lowest BCUT2D eigenvalue weighted by Gasteiger charge is -2.19. The van der Waals surface area contributed by atoms with Gasteiger partial charge in [-0.3, -0.25) is 19.3 Å². The number of imide groups is 1. The van der Waals surface area contributed by atoms with Gasteiger partial charge in [0.25, 0.3) is 11.8 Å². The average Bonchev–Trinajstić information content (AvgIpc) is 3.14. The summed E-state index contributed by atoms with van der Waals surface area (Å²) in [4.78, 5) is 42.2. The van der Waals surface area contributed by atoms with Crippen molar-refractivity contribution in [1.82, 2.24) is 20.4 Å². The van der Waals surface area contributed by atoms with Crippen LogP contribution in [-0.2, 0) is 4.79 Å². The molecule has 136 valence electrons. The molecule has 8 heteroatoms. The van der Waals surface area contributed by atoms with Gasteiger partial charge in [-0.1, -0.05) is 31.1 Å². The van der Waals surface area contributed by atoms with Crippen LogP contribution < -0.4 is 5.32 Å². The highest BCUT2D eigenvalue weighted by Crippen LogP contribution is 2.23. The number of hydrogen-bond donors (Lipinski definition) is 1. The molecule has 1 aliphatic rings. The van der Waals surface area contributed by atoms with Crippen molar-refractivity contribution in [2.75, 3.05) is 6.54 Å². The predicted octanol–water partition coefficient (Wildman–Crippen LogP) is 1.88. The lowest BCUT2D eigenvalue weighted by atomic mass is 10.0. The van der Waals surface area contributed by atoms with Gasteiger partial charge in [0.2, 0.25) is 11.8 Å². The first-order chi connectivity index (χ1) is 12.4. The summed E-state index contributed by atoms with van der Waals surface area (Å²) in [5.74, 6) is -0.163. The molecule has 26 heavy (non-hydrogen) atoms. The summed E-state index contributed by atoms with van der Waals surface area (Å²) in [6.07, 6.45) is 0.00179. The summed E-state index contributed by atoms with van der Waals surface area (Å²) in [6, 6.07) is 6.22. The number of aryl methyl sites for hydroxylation is 1. The van der Waals surface area contributed by atoms with Crippen molar-refractivity contribution in [2.24, 2.45) is 5.92 Å². The molecular formula is C18H20N4O4. The number of carbonyl (C=O) groups is 3. The topological polar surface area (TPSA) is 105 Å². The smallest absolute Gasteiger partial charge is 0.261 e. The fraction of sp³-hybridized carbons (Fsp3) is 0.389. The zero-order chi connectivity index (χ0) is 18.8. The number of fused-ring (bicyclic) bond motifs is 1. The molecule has 0 spiro atoms. The van der Waals surface area contributed by atoms with Crippen LogP contribution in [0.4, 0.5) is 0 Å². The summed E-state index contributed by atoms with van der Waals surface area (Å²) < 4.78 is 5.15. The molecular weight excluding hydrogens is 336 g/mol. The Hall–Kier alpha value is -3.03. The second-order valence-corrected chi connectivity index (χ2v) is 6.53. The van der Waals surface area contributed by atoms with Crippen LogP contribution in [0.3, 0.4) is 0 Å². The molecule has 0 saturated heterocycles. The summed E-state index contributed by atoms with van der Waals surface area (Å²) in [7, 11) is 0. The monoisotopic (exact) mass is 356 g/mol. The second-order valence-electron chi connectivity index (χ2n) is 6.53. The van der Waals surface area contributed by atoms with E-state index in [1.54, 1.807) is 31.2 Å². The molecule has 1 aromatic heterocycles. The van der Waals surface area contributed by atoms with Gasteiger partial charge in [0.1, 0.15) is 6.04 Å². The van der Waals surface area contributed by atoms with E-state index in [9.17, 15) is 14.4 Å². The molecule has 3 amide bonds. The van der Waals surface area contributed by atoms with E-state index in [2.05, 4.69) is 15.5 Å². The minimum Gasteiger partial charge on any atom is -0.344 e. The SMILES string of the molecule is Cc1noc(C(NC(=O)CCN2C(=O)c3ccccc3C2=O)C(C)C)n1. The zero-order valence-electron chi connectivity index (χ0n) is 14.9. The summed E-state index contributed by atoms with van der Waals surface area (Å²) in [5, 5.41) is 6.58. The molecule has 3 rings (SSSR count). The molecule has 0 aliphatic carbocycles. The van der Waals surface area contributed by atoms with Crippen LogP contribution in [0.15, 0.2) is 28.8 Å². The number of aromatic nitrogens is 2. The molecule has 0 bridgehead atoms. The van der Waals surface area contributed by atoms with Gasteiger partial charge < -0.3 is 9.84 Å². The van der Waals surface area contributed by atoms with Gasteiger partial charge >= 0.3 is 0 Å². The molecule has 2 heterocycles. The van der Waals surface area contributed by atoms with Gasteiger partial charge in [-0.25, -0.2) is 0 Å². The Morgan fingerprint density at radius 2 is 1.81 bits per heavy atom. The van der Waals surface area contributed by atoms with Gasteiger partial charge in [0.15, 0.2) is 5.82 Å². The molecule has 2 aromatic rings. The van der Waals surface area contributed by atoms with Gasteiger partial charge in [0, 0.05) is 13.0 Å². The molecule has 1 N–H and O–H groups in total. The molecule has 1 unspecified atom stereocenters. The van der Waals surface area contributed by atoms with Crippen molar-refractivity contribution in [1.29, 1.82) is 0 Å². The highest BCUT2D eigenvalue weighted by Gasteiger charge is 2.35. The predicted molar refractivity (Wildman–Crippen MR) is 91.2 cm³/mol. The Morgan fingerprint density at radius 3 is 2.31 bits per heavy atom. The summed E-state index contributed by atoms with van der Waals surface area (Å²) in [6.45, 7) is 5.57. The quantitative estimate of drug-likeness (QED) is 0.792. The number of rotatable bonds is 6. The maximum absolute atomic E-state index is 12.3. The fourth-order valence-corrected chi connectivity index (χ4v) is 2.85. The van der Waals surface area contributed by atoms with E-state index in [0.29, 0.717) is 22.8 Å². The Morgan fingerprint density at radius 1 is 1.19 bits per heavy atom. The number of amides is 3. The van der Waals surface area contributed by atoms with Crippen LogP contribution in [0, 0.1) is 12.8 Å². The number of nitrogens with one attached hydrogen (secondary N) is 1. The first-order valence-corrected chi connectivity index (χ1v) is 8.43. The number of benzene rings is 1. The van der Waals surface area contributed by atoms with Crippen LogP contribution in [-0.4, -0.2) is 39.3 Å². The maximum Gasteiger partial charge on any atom is 0.261 e. The summed E-state index contributed by atoms with van der Waals surface area (Å²) >= 11 is 0. The van der Waals surface area contributed by atoms with Crippen molar-refractivity contribution in [2.45, 2.75) is 33.2 Å². The van der Waals surface area contributed by atoms with Gasteiger partial charge in [-0.2, -0.15) is 4.98 Å².